The molecule has 0 aliphatic carbocycles. The van der Waals surface area contributed by atoms with Crippen LogP contribution in [0.4, 0.5) is 5.82 Å². The van der Waals surface area contributed by atoms with Crippen LogP contribution in [-0.4, -0.2) is 39.3 Å². The van der Waals surface area contributed by atoms with Gasteiger partial charge < -0.3 is 4.90 Å². The fourth-order valence-electron chi connectivity index (χ4n) is 4.81. The summed E-state index contributed by atoms with van der Waals surface area (Å²) in [5.41, 5.74) is 1.41. The molecule has 0 aromatic carbocycles. The van der Waals surface area contributed by atoms with Crippen molar-refractivity contribution in [1.29, 1.82) is 5.26 Å². The van der Waals surface area contributed by atoms with E-state index in [4.69, 9.17) is 12.2 Å². The lowest BCUT2D eigenvalue weighted by Crippen LogP contribution is -2.35. The van der Waals surface area contributed by atoms with E-state index in [1.807, 2.05) is 13.0 Å². The summed E-state index contributed by atoms with van der Waals surface area (Å²) >= 11 is 6.89. The molecular formula is C27H38N4O2S2. The molecule has 2 saturated heterocycles. The average molecular weight is 515 g/mol. The van der Waals surface area contributed by atoms with Crippen LogP contribution in [0.3, 0.4) is 0 Å². The van der Waals surface area contributed by atoms with Crippen LogP contribution in [0.15, 0.2) is 9.70 Å². The molecule has 0 atom stereocenters. The lowest BCUT2D eigenvalue weighted by atomic mass is 10.0. The van der Waals surface area contributed by atoms with Gasteiger partial charge in [-0.1, -0.05) is 76.4 Å². The van der Waals surface area contributed by atoms with E-state index in [2.05, 4.69) is 24.8 Å². The number of nitriles is 1. The van der Waals surface area contributed by atoms with Gasteiger partial charge in [-0.05, 0) is 44.2 Å². The maximum Gasteiger partial charge on any atom is 0.270 e. The zero-order chi connectivity index (χ0) is 25.4. The van der Waals surface area contributed by atoms with Gasteiger partial charge >= 0.3 is 0 Å². The first-order valence-corrected chi connectivity index (χ1v) is 14.3. The third kappa shape index (κ3) is 6.37. The van der Waals surface area contributed by atoms with Crippen molar-refractivity contribution in [3.05, 3.63) is 31.9 Å². The molecule has 0 bridgehead atoms. The quantitative estimate of drug-likeness (QED) is 0.217. The first kappa shape index (κ1) is 27.5. The van der Waals surface area contributed by atoms with Crippen LogP contribution >= 0.6 is 24.0 Å². The zero-order valence-electron chi connectivity index (χ0n) is 21.4. The third-order valence-corrected chi connectivity index (χ3v) is 8.25. The van der Waals surface area contributed by atoms with Crippen LogP contribution in [0, 0.1) is 18.3 Å². The number of unbranched alkanes of at least 4 members (excludes halogenated alkanes) is 4. The van der Waals surface area contributed by atoms with E-state index in [0.717, 1.165) is 75.8 Å². The van der Waals surface area contributed by atoms with E-state index in [-0.39, 0.29) is 17.0 Å². The summed E-state index contributed by atoms with van der Waals surface area (Å²) in [4.78, 5) is 31.3. The van der Waals surface area contributed by atoms with E-state index in [0.29, 0.717) is 27.9 Å². The van der Waals surface area contributed by atoms with Gasteiger partial charge in [-0.15, -0.1) is 0 Å². The summed E-state index contributed by atoms with van der Waals surface area (Å²) in [6.07, 6.45) is 12.5. The predicted octanol–water partition coefficient (Wildman–Crippen LogP) is 5.99. The van der Waals surface area contributed by atoms with Crippen molar-refractivity contribution in [2.75, 3.05) is 24.5 Å². The summed E-state index contributed by atoms with van der Waals surface area (Å²) in [7, 11) is 0. The number of aromatic nitrogens is 1. The number of thioether (sulfide) groups is 1. The molecule has 1 aromatic rings. The Morgan fingerprint density at radius 2 is 1.69 bits per heavy atom. The molecular weight excluding hydrogens is 476 g/mol. The molecule has 8 heteroatoms. The normalized spacial score (nSPS) is 17.8. The predicted molar refractivity (Wildman–Crippen MR) is 150 cm³/mol. The smallest absolute Gasteiger partial charge is 0.270 e. The molecule has 3 rings (SSSR count). The Morgan fingerprint density at radius 3 is 2.31 bits per heavy atom. The van der Waals surface area contributed by atoms with E-state index in [9.17, 15) is 14.9 Å². The first-order chi connectivity index (χ1) is 16.9. The number of amides is 1. The minimum absolute atomic E-state index is 0.0671. The second-order valence-corrected chi connectivity index (χ2v) is 11.1. The second kappa shape index (κ2) is 13.3. The molecule has 2 aliphatic heterocycles. The summed E-state index contributed by atoms with van der Waals surface area (Å²) in [5, 5.41) is 9.86. The lowest BCUT2D eigenvalue weighted by molar-refractivity contribution is -0.122. The molecule has 2 fully saturated rings. The van der Waals surface area contributed by atoms with Crippen molar-refractivity contribution in [3.63, 3.8) is 0 Å². The van der Waals surface area contributed by atoms with Crippen LogP contribution in [-0.2, 0) is 11.3 Å². The molecule has 2 aliphatic rings. The van der Waals surface area contributed by atoms with Gasteiger partial charge in [-0.2, -0.15) is 5.26 Å². The maximum atomic E-state index is 13.4. The van der Waals surface area contributed by atoms with Crippen LogP contribution in [0.2, 0.25) is 0 Å². The van der Waals surface area contributed by atoms with Crippen LogP contribution < -0.4 is 10.5 Å². The Balaban J connectivity index is 2.10. The molecule has 190 valence electrons. The van der Waals surface area contributed by atoms with E-state index in [1.165, 1.54) is 24.6 Å². The van der Waals surface area contributed by atoms with Gasteiger partial charge in [0.25, 0.3) is 11.5 Å². The molecule has 3 heterocycles. The topological polar surface area (TPSA) is 69.3 Å². The molecule has 0 radical (unpaired) electrons. The zero-order valence-corrected chi connectivity index (χ0v) is 23.0. The molecule has 0 spiro atoms. The molecule has 1 aromatic heterocycles. The number of nitrogens with zero attached hydrogens (tertiary/aromatic N) is 4. The van der Waals surface area contributed by atoms with Crippen molar-refractivity contribution in [3.8, 4) is 6.07 Å². The fourth-order valence-corrected chi connectivity index (χ4v) is 6.10. The standard InChI is InChI=1S/C27H38N4O2S2/c1-4-6-8-13-17-31-26(33)23(35-27(31)34)18-21-20(3)22(19-28)25(32)30(16-7-5-2)24(21)29-14-11-9-10-12-15-29/h18H,4-17H2,1-3H3. The Hall–Kier alpha value is -2.11. The highest BCUT2D eigenvalue weighted by molar-refractivity contribution is 8.26. The van der Waals surface area contributed by atoms with Gasteiger partial charge in [-0.25, -0.2) is 0 Å². The highest BCUT2D eigenvalue weighted by Gasteiger charge is 2.33. The Bertz CT molecular complexity index is 1060. The first-order valence-electron chi connectivity index (χ1n) is 13.1. The molecule has 1 amide bonds. The molecule has 0 saturated carbocycles. The summed E-state index contributed by atoms with van der Waals surface area (Å²) in [5.74, 6) is 0.789. The van der Waals surface area contributed by atoms with Crippen molar-refractivity contribution in [1.82, 2.24) is 9.47 Å². The van der Waals surface area contributed by atoms with E-state index >= 15 is 0 Å². The Kier molecular flexibility index (Phi) is 10.4. The van der Waals surface area contributed by atoms with Crippen molar-refractivity contribution in [2.45, 2.75) is 91.5 Å². The Labute approximate surface area is 219 Å². The number of anilines is 1. The molecule has 35 heavy (non-hydrogen) atoms. The second-order valence-electron chi connectivity index (χ2n) is 9.45. The largest absolute Gasteiger partial charge is 0.357 e. The van der Waals surface area contributed by atoms with E-state index < -0.39 is 0 Å². The SMILES string of the molecule is CCCCCCN1C(=O)C(=Cc2c(C)c(C#N)c(=O)n(CCCC)c2N2CCCCCC2)SC1=S. The number of carbonyl (C=O) groups excluding carboxylic acids is 1. The highest BCUT2D eigenvalue weighted by Crippen LogP contribution is 2.36. The lowest BCUT2D eigenvalue weighted by Gasteiger charge is -2.29. The number of pyridine rings is 1. The number of thiocarbonyl (C=S) groups is 1. The third-order valence-electron chi connectivity index (χ3n) is 6.87. The number of hydrogen-bond donors (Lipinski definition) is 0. The van der Waals surface area contributed by atoms with E-state index in [1.54, 1.807) is 9.47 Å². The van der Waals surface area contributed by atoms with Crippen LogP contribution in [0.5, 0.6) is 0 Å². The maximum absolute atomic E-state index is 13.4. The van der Waals surface area contributed by atoms with Gasteiger partial charge in [0.1, 0.15) is 21.8 Å². The van der Waals surface area contributed by atoms with Gasteiger partial charge in [0, 0.05) is 31.7 Å². The van der Waals surface area contributed by atoms with Gasteiger partial charge in [0.2, 0.25) is 0 Å². The minimum Gasteiger partial charge on any atom is -0.357 e. The molecule has 6 nitrogen and oxygen atoms in total. The fraction of sp³-hybridized carbons (Fsp3) is 0.630. The number of hydrogen-bond acceptors (Lipinski definition) is 6. The summed E-state index contributed by atoms with van der Waals surface area (Å²) in [6.45, 7) is 9.05. The average Bonchev–Trinajstić information content (AvgIpc) is 3.02. The molecule has 0 N–H and O–H groups in total. The highest BCUT2D eigenvalue weighted by atomic mass is 32.2. The number of carbonyl (C=O) groups is 1. The van der Waals surface area contributed by atoms with Crippen LogP contribution in [0.25, 0.3) is 6.08 Å². The van der Waals surface area contributed by atoms with Gasteiger partial charge in [0.15, 0.2) is 0 Å². The monoisotopic (exact) mass is 514 g/mol. The van der Waals surface area contributed by atoms with Crippen molar-refractivity contribution < 1.29 is 4.79 Å². The minimum atomic E-state index is -0.224. The van der Waals surface area contributed by atoms with Crippen molar-refractivity contribution in [2.24, 2.45) is 0 Å². The summed E-state index contributed by atoms with van der Waals surface area (Å²) in [6, 6.07) is 2.15. The molecule has 0 unspecified atom stereocenters. The van der Waals surface area contributed by atoms with Crippen molar-refractivity contribution >= 4 is 46.1 Å². The van der Waals surface area contributed by atoms with Gasteiger partial charge in [-0.3, -0.25) is 19.1 Å². The van der Waals surface area contributed by atoms with Gasteiger partial charge in [0.05, 0.1) is 4.91 Å². The summed E-state index contributed by atoms with van der Waals surface area (Å²) < 4.78 is 2.38. The van der Waals surface area contributed by atoms with Crippen LogP contribution in [0.1, 0.15) is 94.7 Å². The Morgan fingerprint density at radius 1 is 1.00 bits per heavy atom. The number of rotatable bonds is 10.